The summed E-state index contributed by atoms with van der Waals surface area (Å²) >= 11 is 5.97. The highest BCUT2D eigenvalue weighted by Gasteiger charge is 2.11. The van der Waals surface area contributed by atoms with E-state index in [1.807, 2.05) is 6.92 Å². The Labute approximate surface area is 123 Å². The minimum Gasteiger partial charge on any atom is -0.485 e. The maximum absolute atomic E-state index is 5.97. The van der Waals surface area contributed by atoms with Crippen molar-refractivity contribution in [3.63, 3.8) is 0 Å². The Kier molecular flexibility index (Phi) is 4.98. The molecule has 1 unspecified atom stereocenters. The molecule has 0 spiro atoms. The van der Waals surface area contributed by atoms with E-state index < -0.39 is 0 Å². The van der Waals surface area contributed by atoms with Crippen LogP contribution in [-0.2, 0) is 13.0 Å². The van der Waals surface area contributed by atoms with E-state index in [1.54, 1.807) is 18.2 Å². The smallest absolute Gasteiger partial charge is 0.226 e. The summed E-state index contributed by atoms with van der Waals surface area (Å²) in [7, 11) is 0. The molecule has 0 radical (unpaired) electrons. The fourth-order valence-corrected chi connectivity index (χ4v) is 1.99. The van der Waals surface area contributed by atoms with Crippen molar-refractivity contribution in [1.29, 1.82) is 0 Å². The molecule has 2 N–H and O–H groups in total. The van der Waals surface area contributed by atoms with Gasteiger partial charge in [0.25, 0.3) is 0 Å². The average molecular weight is 296 g/mol. The first-order valence-corrected chi connectivity index (χ1v) is 6.97. The zero-order valence-electron chi connectivity index (χ0n) is 11.6. The highest BCUT2D eigenvalue weighted by molar-refractivity contribution is 6.30. The molecule has 20 heavy (non-hydrogen) atoms. The number of halogens is 1. The summed E-state index contributed by atoms with van der Waals surface area (Å²) in [6.07, 6.45) is 1.74. The second kappa shape index (κ2) is 6.72. The van der Waals surface area contributed by atoms with Gasteiger partial charge in [0.15, 0.2) is 6.61 Å². The van der Waals surface area contributed by atoms with Crippen molar-refractivity contribution in [3.8, 4) is 5.75 Å². The lowest BCUT2D eigenvalue weighted by molar-refractivity contribution is 0.281. The summed E-state index contributed by atoms with van der Waals surface area (Å²) in [6.45, 7) is 4.18. The predicted octanol–water partition coefficient (Wildman–Crippen LogP) is 3.27. The van der Waals surface area contributed by atoms with Crippen LogP contribution in [-0.4, -0.2) is 10.1 Å². The van der Waals surface area contributed by atoms with E-state index in [4.69, 9.17) is 26.6 Å². The molecule has 0 fully saturated rings. The number of aromatic nitrogens is 2. The van der Waals surface area contributed by atoms with Crippen LogP contribution in [0, 0.1) is 0 Å². The summed E-state index contributed by atoms with van der Waals surface area (Å²) < 4.78 is 10.8. The molecule has 1 aromatic carbocycles. The number of aryl methyl sites for hydroxylation is 1. The quantitative estimate of drug-likeness (QED) is 0.885. The zero-order chi connectivity index (χ0) is 14.5. The minimum absolute atomic E-state index is 0.162. The van der Waals surface area contributed by atoms with Crippen molar-refractivity contribution < 1.29 is 9.26 Å². The monoisotopic (exact) mass is 295 g/mol. The van der Waals surface area contributed by atoms with Gasteiger partial charge in [0, 0.05) is 23.0 Å². The topological polar surface area (TPSA) is 74.2 Å². The summed E-state index contributed by atoms with van der Waals surface area (Å²) in [5.41, 5.74) is 6.76. The van der Waals surface area contributed by atoms with Gasteiger partial charge in [-0.25, -0.2) is 0 Å². The highest BCUT2D eigenvalue weighted by Crippen LogP contribution is 2.27. The zero-order valence-corrected chi connectivity index (χ0v) is 12.4. The molecule has 1 atom stereocenters. The van der Waals surface area contributed by atoms with Gasteiger partial charge in [-0.15, -0.1) is 0 Å². The minimum atomic E-state index is -0.162. The second-order valence-corrected chi connectivity index (χ2v) is 5.05. The molecule has 2 rings (SSSR count). The Balaban J connectivity index is 2.06. The third kappa shape index (κ3) is 3.71. The van der Waals surface area contributed by atoms with Crippen LogP contribution in [0.3, 0.4) is 0 Å². The first kappa shape index (κ1) is 14.8. The molecule has 0 bridgehead atoms. The van der Waals surface area contributed by atoms with Gasteiger partial charge < -0.3 is 15.0 Å². The normalized spacial score (nSPS) is 12.4. The predicted molar refractivity (Wildman–Crippen MR) is 76.7 cm³/mol. The SMILES string of the molecule is CCCc1nc(COc2ccc(Cl)cc2C(C)N)no1. The van der Waals surface area contributed by atoms with E-state index in [1.165, 1.54) is 0 Å². The number of ether oxygens (including phenoxy) is 1. The van der Waals surface area contributed by atoms with E-state index in [0.29, 0.717) is 22.5 Å². The molecule has 1 aromatic heterocycles. The second-order valence-electron chi connectivity index (χ2n) is 4.61. The van der Waals surface area contributed by atoms with Gasteiger partial charge >= 0.3 is 0 Å². The fraction of sp³-hybridized carbons (Fsp3) is 0.429. The Morgan fingerprint density at radius 1 is 1.45 bits per heavy atom. The fourth-order valence-electron chi connectivity index (χ4n) is 1.81. The van der Waals surface area contributed by atoms with Crippen LogP contribution in [0.1, 0.15) is 43.6 Å². The first-order chi connectivity index (χ1) is 9.60. The molecule has 2 aromatic rings. The summed E-state index contributed by atoms with van der Waals surface area (Å²) in [6, 6.07) is 5.21. The van der Waals surface area contributed by atoms with Crippen molar-refractivity contribution in [2.45, 2.75) is 39.3 Å². The number of nitrogens with zero attached hydrogens (tertiary/aromatic N) is 2. The molecule has 1 heterocycles. The molecular formula is C14H18ClN3O2. The third-order valence-electron chi connectivity index (χ3n) is 2.79. The van der Waals surface area contributed by atoms with Crippen molar-refractivity contribution in [2.75, 3.05) is 0 Å². The maximum Gasteiger partial charge on any atom is 0.226 e. The largest absolute Gasteiger partial charge is 0.485 e. The molecule has 0 saturated carbocycles. The maximum atomic E-state index is 5.97. The molecular weight excluding hydrogens is 278 g/mol. The third-order valence-corrected chi connectivity index (χ3v) is 3.03. The molecule has 0 saturated heterocycles. The van der Waals surface area contributed by atoms with Gasteiger partial charge in [-0.2, -0.15) is 4.98 Å². The van der Waals surface area contributed by atoms with Crippen LogP contribution < -0.4 is 10.5 Å². The average Bonchev–Trinajstić information content (AvgIpc) is 2.85. The lowest BCUT2D eigenvalue weighted by Gasteiger charge is -2.13. The summed E-state index contributed by atoms with van der Waals surface area (Å²) in [4.78, 5) is 4.25. The number of hydrogen-bond donors (Lipinski definition) is 1. The van der Waals surface area contributed by atoms with Crippen molar-refractivity contribution in [3.05, 3.63) is 40.5 Å². The van der Waals surface area contributed by atoms with E-state index in [0.717, 1.165) is 18.4 Å². The molecule has 108 valence electrons. The Morgan fingerprint density at radius 2 is 2.25 bits per heavy atom. The van der Waals surface area contributed by atoms with Crippen LogP contribution in [0.25, 0.3) is 0 Å². The van der Waals surface area contributed by atoms with Gasteiger partial charge in [0.2, 0.25) is 11.7 Å². The molecule has 0 aliphatic heterocycles. The number of nitrogens with two attached hydrogens (primary N) is 1. The molecule has 0 aliphatic rings. The van der Waals surface area contributed by atoms with Crippen molar-refractivity contribution in [2.24, 2.45) is 5.73 Å². The van der Waals surface area contributed by atoms with Gasteiger partial charge in [0.05, 0.1) is 0 Å². The highest BCUT2D eigenvalue weighted by atomic mass is 35.5. The van der Waals surface area contributed by atoms with Gasteiger partial charge in [-0.05, 0) is 31.5 Å². The van der Waals surface area contributed by atoms with E-state index in [-0.39, 0.29) is 12.6 Å². The van der Waals surface area contributed by atoms with Crippen LogP contribution in [0.5, 0.6) is 5.75 Å². The van der Waals surface area contributed by atoms with Crippen molar-refractivity contribution in [1.82, 2.24) is 10.1 Å². The number of hydrogen-bond acceptors (Lipinski definition) is 5. The lowest BCUT2D eigenvalue weighted by atomic mass is 10.1. The molecule has 0 aliphatic carbocycles. The van der Waals surface area contributed by atoms with Crippen LogP contribution in [0.15, 0.2) is 22.7 Å². The molecule has 0 amide bonds. The summed E-state index contributed by atoms with van der Waals surface area (Å²) in [5, 5.41) is 4.51. The van der Waals surface area contributed by atoms with Crippen LogP contribution >= 0.6 is 11.6 Å². The number of benzene rings is 1. The van der Waals surface area contributed by atoms with E-state index in [9.17, 15) is 0 Å². The standard InChI is InChI=1S/C14H18ClN3O2/c1-3-4-14-17-13(18-20-14)8-19-12-6-5-10(15)7-11(12)9(2)16/h5-7,9H,3-4,8,16H2,1-2H3. The Morgan fingerprint density at radius 3 is 2.95 bits per heavy atom. The first-order valence-electron chi connectivity index (χ1n) is 6.59. The Bertz CT molecular complexity index is 569. The summed E-state index contributed by atoms with van der Waals surface area (Å²) in [5.74, 6) is 1.85. The Hall–Kier alpha value is -1.59. The van der Waals surface area contributed by atoms with Crippen LogP contribution in [0.2, 0.25) is 5.02 Å². The van der Waals surface area contributed by atoms with E-state index >= 15 is 0 Å². The van der Waals surface area contributed by atoms with Gasteiger partial charge in [-0.3, -0.25) is 0 Å². The van der Waals surface area contributed by atoms with Crippen molar-refractivity contribution >= 4 is 11.6 Å². The van der Waals surface area contributed by atoms with Gasteiger partial charge in [-0.1, -0.05) is 23.7 Å². The molecule has 6 heteroatoms. The lowest BCUT2D eigenvalue weighted by Crippen LogP contribution is -2.08. The number of rotatable bonds is 6. The van der Waals surface area contributed by atoms with E-state index in [2.05, 4.69) is 17.1 Å². The van der Waals surface area contributed by atoms with Gasteiger partial charge in [0.1, 0.15) is 5.75 Å². The van der Waals surface area contributed by atoms with Crippen LogP contribution in [0.4, 0.5) is 0 Å². The molecule has 5 nitrogen and oxygen atoms in total.